The molecule has 8 heteroatoms. The second kappa shape index (κ2) is 7.60. The fourth-order valence-corrected chi connectivity index (χ4v) is 3.12. The third-order valence-corrected chi connectivity index (χ3v) is 4.45. The fourth-order valence-electron chi connectivity index (χ4n) is 2.87. The Balaban J connectivity index is 1.82. The molecule has 2 aromatic rings. The molecule has 0 fully saturated rings. The highest BCUT2D eigenvalue weighted by molar-refractivity contribution is 6.30. The lowest BCUT2D eigenvalue weighted by Gasteiger charge is -2.20. The van der Waals surface area contributed by atoms with Gasteiger partial charge in [-0.2, -0.15) is 13.2 Å². The monoisotopic (exact) mass is 395 g/mol. The molecule has 1 amide bonds. The zero-order valence-electron chi connectivity index (χ0n) is 14.5. The van der Waals surface area contributed by atoms with Crippen LogP contribution in [0.5, 0.6) is 0 Å². The molecular weight excluding hydrogens is 379 g/mol. The number of rotatable bonds is 4. The normalized spacial score (nSPS) is 14.9. The number of carbonyl (C=O) groups is 1. The van der Waals surface area contributed by atoms with Crippen LogP contribution in [-0.2, 0) is 17.4 Å². The summed E-state index contributed by atoms with van der Waals surface area (Å²) >= 11 is 5.84. The third-order valence-electron chi connectivity index (χ3n) is 4.24. The number of anilines is 1. The van der Waals surface area contributed by atoms with Crippen LogP contribution in [0.2, 0.25) is 5.02 Å². The van der Waals surface area contributed by atoms with Gasteiger partial charge in [-0.15, -0.1) is 0 Å². The van der Waals surface area contributed by atoms with Crippen LogP contribution < -0.4 is 10.6 Å². The van der Waals surface area contributed by atoms with Crippen LogP contribution in [0.3, 0.4) is 0 Å². The van der Waals surface area contributed by atoms with Crippen molar-refractivity contribution < 1.29 is 18.0 Å². The maximum atomic E-state index is 13.0. The average Bonchev–Trinajstić information content (AvgIpc) is 2.58. The molecule has 0 radical (unpaired) electrons. The number of nitrogens with zero attached hydrogens (tertiary/aromatic N) is 1. The van der Waals surface area contributed by atoms with Gasteiger partial charge < -0.3 is 10.6 Å². The average molecular weight is 396 g/mol. The number of hydrogen-bond acceptors (Lipinski definition) is 3. The minimum absolute atomic E-state index is 0.0307. The Bertz CT molecular complexity index is 909. The van der Waals surface area contributed by atoms with Crippen LogP contribution in [0.25, 0.3) is 0 Å². The molecule has 3 rings (SSSR count). The van der Waals surface area contributed by atoms with Crippen LogP contribution in [-0.4, -0.2) is 17.4 Å². The van der Waals surface area contributed by atoms with Crippen LogP contribution in [0, 0.1) is 0 Å². The van der Waals surface area contributed by atoms with Crippen molar-refractivity contribution in [1.82, 2.24) is 10.3 Å². The van der Waals surface area contributed by atoms with E-state index in [2.05, 4.69) is 15.6 Å². The Hall–Kier alpha value is -2.54. The predicted octanol–water partition coefficient (Wildman–Crippen LogP) is 4.55. The molecule has 2 N–H and O–H groups in total. The van der Waals surface area contributed by atoms with E-state index in [-0.39, 0.29) is 17.4 Å². The Kier molecular flexibility index (Phi) is 5.41. The van der Waals surface area contributed by atoms with Gasteiger partial charge in [-0.3, -0.25) is 9.78 Å². The molecule has 2 heterocycles. The van der Waals surface area contributed by atoms with E-state index >= 15 is 0 Å². The zero-order chi connectivity index (χ0) is 19.6. The molecule has 1 aliphatic rings. The molecule has 27 heavy (non-hydrogen) atoms. The summed E-state index contributed by atoms with van der Waals surface area (Å²) in [5.41, 5.74) is 2.39. The number of carbonyl (C=O) groups excluding carboxylic acids is 1. The molecule has 0 aliphatic carbocycles. The summed E-state index contributed by atoms with van der Waals surface area (Å²) in [6.07, 6.45) is -2.00. The number of benzene rings is 1. The number of hydrogen-bond donors (Lipinski definition) is 2. The van der Waals surface area contributed by atoms with Crippen molar-refractivity contribution in [2.45, 2.75) is 25.9 Å². The van der Waals surface area contributed by atoms with Crippen molar-refractivity contribution in [3.8, 4) is 0 Å². The molecule has 0 atom stereocenters. The van der Waals surface area contributed by atoms with E-state index in [0.29, 0.717) is 29.8 Å². The van der Waals surface area contributed by atoms with Gasteiger partial charge in [0.05, 0.1) is 5.56 Å². The van der Waals surface area contributed by atoms with E-state index < -0.39 is 11.7 Å². The Morgan fingerprint density at radius 2 is 2.04 bits per heavy atom. The van der Waals surface area contributed by atoms with Gasteiger partial charge in [0, 0.05) is 53.3 Å². The second-order valence-corrected chi connectivity index (χ2v) is 6.73. The standard InChI is InChI=1S/C19H17ClF3N3O/c1-11-17(3-5-25-18(11)27)26-15-2-4-24-16(10-15)8-12-6-13(19(21,22)23)9-14(20)7-12/h2,4,6-7,9-10H,3,5,8H2,1H3,(H,24,26)(H,25,27). The number of amides is 1. The first kappa shape index (κ1) is 19.2. The number of halogens is 4. The Morgan fingerprint density at radius 1 is 1.26 bits per heavy atom. The highest BCUT2D eigenvalue weighted by Gasteiger charge is 2.31. The van der Waals surface area contributed by atoms with E-state index in [9.17, 15) is 18.0 Å². The highest BCUT2D eigenvalue weighted by atomic mass is 35.5. The summed E-state index contributed by atoms with van der Waals surface area (Å²) in [6, 6.07) is 6.97. The summed E-state index contributed by atoms with van der Waals surface area (Å²) in [6.45, 7) is 2.29. The summed E-state index contributed by atoms with van der Waals surface area (Å²) in [5.74, 6) is -0.114. The summed E-state index contributed by atoms with van der Waals surface area (Å²) in [7, 11) is 0. The largest absolute Gasteiger partial charge is 0.416 e. The molecule has 1 aliphatic heterocycles. The van der Waals surface area contributed by atoms with Crippen molar-refractivity contribution in [2.24, 2.45) is 0 Å². The quantitative estimate of drug-likeness (QED) is 0.798. The topological polar surface area (TPSA) is 54.0 Å². The molecule has 0 unspecified atom stereocenters. The fraction of sp³-hybridized carbons (Fsp3) is 0.263. The van der Waals surface area contributed by atoms with E-state index in [4.69, 9.17) is 11.6 Å². The molecule has 0 saturated carbocycles. The molecule has 0 bridgehead atoms. The third kappa shape index (κ3) is 4.80. The molecular formula is C19H17ClF3N3O. The number of alkyl halides is 3. The van der Waals surface area contributed by atoms with Gasteiger partial charge in [0.25, 0.3) is 0 Å². The van der Waals surface area contributed by atoms with Crippen molar-refractivity contribution in [3.05, 3.63) is 69.6 Å². The summed E-state index contributed by atoms with van der Waals surface area (Å²) in [5, 5.41) is 6.00. The number of nitrogens with one attached hydrogen (secondary N) is 2. The van der Waals surface area contributed by atoms with Crippen LogP contribution >= 0.6 is 11.6 Å². The van der Waals surface area contributed by atoms with Gasteiger partial charge in [0.1, 0.15) is 0 Å². The molecule has 1 aromatic carbocycles. The van der Waals surface area contributed by atoms with Crippen LogP contribution in [0.15, 0.2) is 47.8 Å². The van der Waals surface area contributed by atoms with E-state index in [1.165, 1.54) is 6.07 Å². The Morgan fingerprint density at radius 3 is 2.78 bits per heavy atom. The van der Waals surface area contributed by atoms with Crippen molar-refractivity contribution in [3.63, 3.8) is 0 Å². The van der Waals surface area contributed by atoms with Crippen molar-refractivity contribution in [2.75, 3.05) is 11.9 Å². The molecule has 4 nitrogen and oxygen atoms in total. The first-order valence-corrected chi connectivity index (χ1v) is 8.67. The molecule has 1 aromatic heterocycles. The van der Waals surface area contributed by atoms with Gasteiger partial charge in [-0.1, -0.05) is 11.6 Å². The van der Waals surface area contributed by atoms with Gasteiger partial charge in [0.2, 0.25) is 5.91 Å². The molecule has 0 spiro atoms. The SMILES string of the molecule is CC1=C(Nc2ccnc(Cc3cc(Cl)cc(C(F)(F)F)c3)c2)CCNC1=O. The van der Waals surface area contributed by atoms with E-state index in [0.717, 1.165) is 23.5 Å². The van der Waals surface area contributed by atoms with Crippen molar-refractivity contribution in [1.29, 1.82) is 0 Å². The Labute approximate surface area is 159 Å². The maximum absolute atomic E-state index is 13.0. The van der Waals surface area contributed by atoms with E-state index in [1.54, 1.807) is 25.3 Å². The first-order valence-electron chi connectivity index (χ1n) is 8.29. The van der Waals surface area contributed by atoms with Gasteiger partial charge in [0.15, 0.2) is 0 Å². The lowest BCUT2D eigenvalue weighted by molar-refractivity contribution is -0.137. The lowest BCUT2D eigenvalue weighted by atomic mass is 10.0. The lowest BCUT2D eigenvalue weighted by Crippen LogP contribution is -2.32. The van der Waals surface area contributed by atoms with Gasteiger partial charge >= 0.3 is 6.18 Å². The van der Waals surface area contributed by atoms with Gasteiger partial charge in [-0.25, -0.2) is 0 Å². The molecule has 0 saturated heterocycles. The van der Waals surface area contributed by atoms with E-state index in [1.807, 2.05) is 0 Å². The smallest absolute Gasteiger partial charge is 0.358 e. The summed E-state index contributed by atoms with van der Waals surface area (Å²) in [4.78, 5) is 15.9. The first-order chi connectivity index (χ1) is 12.7. The van der Waals surface area contributed by atoms with Crippen molar-refractivity contribution >= 4 is 23.2 Å². The molecule has 142 valence electrons. The zero-order valence-corrected chi connectivity index (χ0v) is 15.2. The summed E-state index contributed by atoms with van der Waals surface area (Å²) < 4.78 is 38.9. The minimum atomic E-state index is -4.46. The maximum Gasteiger partial charge on any atom is 0.416 e. The van der Waals surface area contributed by atoms with Crippen LogP contribution in [0.4, 0.5) is 18.9 Å². The second-order valence-electron chi connectivity index (χ2n) is 6.29. The number of pyridine rings is 1. The minimum Gasteiger partial charge on any atom is -0.358 e. The highest BCUT2D eigenvalue weighted by Crippen LogP contribution is 2.32. The number of aromatic nitrogens is 1. The predicted molar refractivity (Wildman–Crippen MR) is 97.4 cm³/mol. The van der Waals surface area contributed by atoms with Crippen LogP contribution in [0.1, 0.15) is 30.2 Å². The van der Waals surface area contributed by atoms with Gasteiger partial charge in [-0.05, 0) is 42.8 Å².